The second kappa shape index (κ2) is 13.8. The van der Waals surface area contributed by atoms with Crippen LogP contribution in [0.2, 0.25) is 0 Å². The number of terminal acetylenes is 2. The van der Waals surface area contributed by atoms with Gasteiger partial charge >= 0.3 is 5.97 Å². The summed E-state index contributed by atoms with van der Waals surface area (Å²) in [5, 5.41) is 0. The lowest BCUT2D eigenvalue weighted by molar-refractivity contribution is -0.142. The van der Waals surface area contributed by atoms with Crippen LogP contribution >= 0.6 is 9.39 Å². The van der Waals surface area contributed by atoms with Crippen molar-refractivity contribution in [2.45, 2.75) is 57.4 Å². The van der Waals surface area contributed by atoms with Gasteiger partial charge in [0.15, 0.2) is 0 Å². The zero-order valence-corrected chi connectivity index (χ0v) is 19.1. The van der Waals surface area contributed by atoms with Gasteiger partial charge in [-0.2, -0.15) is 0 Å². The third kappa shape index (κ3) is 6.33. The molecular formula is C24H39N2O2P. The molecular weight excluding hydrogens is 379 g/mol. The highest BCUT2D eigenvalue weighted by atomic mass is 31.0. The first-order valence-corrected chi connectivity index (χ1v) is 11.5. The van der Waals surface area contributed by atoms with E-state index in [2.05, 4.69) is 55.3 Å². The summed E-state index contributed by atoms with van der Waals surface area (Å²) < 4.78 is 5.47. The molecule has 0 radical (unpaired) electrons. The molecule has 162 valence electrons. The van der Waals surface area contributed by atoms with E-state index in [9.17, 15) is 4.79 Å². The molecule has 0 spiro atoms. The molecule has 2 saturated heterocycles. The minimum Gasteiger partial charge on any atom is -0.465 e. The number of ether oxygens (including phenoxy) is 1. The minimum absolute atomic E-state index is 0.0900. The quantitative estimate of drug-likeness (QED) is 0.320. The number of nitrogens with two attached hydrogens (primary N) is 1. The van der Waals surface area contributed by atoms with Gasteiger partial charge in [0.1, 0.15) is 0 Å². The average molecular weight is 419 g/mol. The molecule has 5 heteroatoms. The van der Waals surface area contributed by atoms with Gasteiger partial charge in [-0.15, -0.1) is 25.7 Å². The Morgan fingerprint density at radius 2 is 1.66 bits per heavy atom. The lowest BCUT2D eigenvalue weighted by Gasteiger charge is -2.45. The first-order valence-electron chi connectivity index (χ1n) is 10.8. The first kappa shape index (κ1) is 25.7. The van der Waals surface area contributed by atoms with Gasteiger partial charge in [0.2, 0.25) is 0 Å². The number of likely N-dealkylation sites (N-methyl/N-ethyl adjacent to an activating group) is 1. The predicted octanol–water partition coefficient (Wildman–Crippen LogP) is 3.88. The third-order valence-corrected chi connectivity index (χ3v) is 7.13. The number of likely N-dealkylation sites (tertiary alicyclic amines) is 1. The number of allylic oxidation sites excluding steroid dienone is 1. The van der Waals surface area contributed by atoms with Gasteiger partial charge in [0, 0.05) is 12.0 Å². The molecule has 2 heterocycles. The number of rotatable bonds is 2. The van der Waals surface area contributed by atoms with Crippen LogP contribution in [-0.2, 0) is 9.53 Å². The zero-order valence-electron chi connectivity index (χ0n) is 17.9. The van der Waals surface area contributed by atoms with Gasteiger partial charge in [-0.05, 0) is 57.0 Å². The van der Waals surface area contributed by atoms with Crippen molar-refractivity contribution < 1.29 is 9.53 Å². The second-order valence-corrected chi connectivity index (χ2v) is 8.35. The lowest BCUT2D eigenvalue weighted by Crippen LogP contribution is -2.41. The molecule has 2 N–H and O–H groups in total. The van der Waals surface area contributed by atoms with Crippen LogP contribution in [-0.4, -0.2) is 37.1 Å². The summed E-state index contributed by atoms with van der Waals surface area (Å²) in [6.07, 6.45) is 31.5. The van der Waals surface area contributed by atoms with E-state index in [0.717, 1.165) is 18.3 Å². The molecule has 0 aromatic carbocycles. The highest BCUT2D eigenvalue weighted by Gasteiger charge is 2.50. The summed E-state index contributed by atoms with van der Waals surface area (Å²) >= 11 is 0. The molecule has 2 aliphatic carbocycles. The third-order valence-electron chi connectivity index (χ3n) is 7.13. The topological polar surface area (TPSA) is 55.6 Å². The van der Waals surface area contributed by atoms with Gasteiger partial charge in [-0.3, -0.25) is 9.69 Å². The van der Waals surface area contributed by atoms with Gasteiger partial charge in [-0.25, -0.2) is 0 Å². The molecule has 4 aliphatic rings. The summed E-state index contributed by atoms with van der Waals surface area (Å²) in [6.45, 7) is 1.89. The number of hydrogen-bond donors (Lipinski definition) is 1. The summed E-state index contributed by atoms with van der Waals surface area (Å²) in [5.41, 5.74) is 4.42. The molecule has 4 rings (SSSR count). The standard InChI is InChI=1S/C20H31NO2.2C2H2.H4NP/c1-21-11-5-4-7-15(21)9-10-17-16-8-3-2-6-14(16)12-18-19(17)13-23-20(18)22;3*1-2/h9-10,14-19H,2-8,11-13H2,1H3;2*1-2H;1-2H2/b10-9+;;;/t14?,15?,16-,17+,18-,19+;;;/m0.../s1. The van der Waals surface area contributed by atoms with E-state index in [4.69, 9.17) is 4.74 Å². The highest BCUT2D eigenvalue weighted by molar-refractivity contribution is 7.13. The maximum absolute atomic E-state index is 12.1. The van der Waals surface area contributed by atoms with Crippen LogP contribution in [0.15, 0.2) is 12.2 Å². The fraction of sp³-hybridized carbons (Fsp3) is 0.708. The molecule has 0 amide bonds. The van der Waals surface area contributed by atoms with E-state index in [1.54, 1.807) is 0 Å². The van der Waals surface area contributed by atoms with Crippen LogP contribution in [0.25, 0.3) is 0 Å². The van der Waals surface area contributed by atoms with Crippen LogP contribution < -0.4 is 5.50 Å². The van der Waals surface area contributed by atoms with Gasteiger partial charge in [0.05, 0.1) is 12.5 Å². The Bertz CT molecular complexity index is 554. The van der Waals surface area contributed by atoms with Crippen LogP contribution in [0, 0.1) is 55.3 Å². The predicted molar refractivity (Wildman–Crippen MR) is 125 cm³/mol. The lowest BCUT2D eigenvalue weighted by atomic mass is 9.58. The Hall–Kier alpha value is -1.32. The monoisotopic (exact) mass is 418 g/mol. The van der Waals surface area contributed by atoms with Gasteiger partial charge in [0.25, 0.3) is 0 Å². The van der Waals surface area contributed by atoms with Crippen molar-refractivity contribution in [3.8, 4) is 25.7 Å². The summed E-state index contributed by atoms with van der Waals surface area (Å²) in [6, 6.07) is 0.601. The van der Waals surface area contributed by atoms with E-state index < -0.39 is 0 Å². The van der Waals surface area contributed by atoms with E-state index in [0.29, 0.717) is 24.5 Å². The molecule has 2 aliphatic heterocycles. The molecule has 0 aromatic rings. The maximum atomic E-state index is 12.1. The van der Waals surface area contributed by atoms with Gasteiger partial charge in [-0.1, -0.05) is 47.2 Å². The van der Waals surface area contributed by atoms with E-state index >= 15 is 0 Å². The van der Waals surface area contributed by atoms with Crippen molar-refractivity contribution in [1.82, 2.24) is 4.90 Å². The molecule has 7 atom stereocenters. The molecule has 0 aromatic heterocycles. The number of hydrogen-bond acceptors (Lipinski definition) is 4. The van der Waals surface area contributed by atoms with Crippen LogP contribution in [0.5, 0.6) is 0 Å². The summed E-state index contributed by atoms with van der Waals surface area (Å²) in [4.78, 5) is 14.6. The van der Waals surface area contributed by atoms with Crippen LogP contribution in [0.3, 0.4) is 0 Å². The number of piperidine rings is 1. The normalized spacial score (nSPS) is 35.9. The smallest absolute Gasteiger partial charge is 0.309 e. The van der Waals surface area contributed by atoms with Crippen molar-refractivity contribution in [3.05, 3.63) is 12.2 Å². The largest absolute Gasteiger partial charge is 0.465 e. The number of esters is 1. The number of nitrogens with zero attached hydrogens (tertiary/aromatic N) is 1. The minimum atomic E-state index is 0.0900. The van der Waals surface area contributed by atoms with E-state index in [1.165, 1.54) is 51.5 Å². The fourth-order valence-corrected chi connectivity index (χ4v) is 5.79. The Balaban J connectivity index is 0.000000644. The summed E-state index contributed by atoms with van der Waals surface area (Å²) in [5.74, 6) is 2.85. The number of fused-ring (bicyclic) bond motifs is 2. The maximum Gasteiger partial charge on any atom is 0.309 e. The zero-order chi connectivity index (χ0) is 21.8. The van der Waals surface area contributed by atoms with E-state index in [-0.39, 0.29) is 11.9 Å². The second-order valence-electron chi connectivity index (χ2n) is 8.35. The van der Waals surface area contributed by atoms with Crippen molar-refractivity contribution >= 4 is 15.4 Å². The molecule has 4 nitrogen and oxygen atoms in total. The van der Waals surface area contributed by atoms with Crippen molar-refractivity contribution in [2.24, 2.45) is 35.1 Å². The molecule has 3 unspecified atom stereocenters. The van der Waals surface area contributed by atoms with Crippen LogP contribution in [0.4, 0.5) is 0 Å². The van der Waals surface area contributed by atoms with Gasteiger partial charge < -0.3 is 10.2 Å². The Morgan fingerprint density at radius 3 is 2.34 bits per heavy atom. The van der Waals surface area contributed by atoms with Crippen molar-refractivity contribution in [1.29, 1.82) is 0 Å². The van der Waals surface area contributed by atoms with E-state index in [1.807, 2.05) is 9.39 Å². The number of carbonyl (C=O) groups excluding carboxylic acids is 1. The molecule has 29 heavy (non-hydrogen) atoms. The van der Waals surface area contributed by atoms with Crippen LogP contribution in [0.1, 0.15) is 51.4 Å². The Kier molecular flexibility index (Phi) is 12.3. The fourth-order valence-electron chi connectivity index (χ4n) is 5.79. The summed E-state index contributed by atoms with van der Waals surface area (Å²) in [7, 11) is 4.17. The van der Waals surface area contributed by atoms with Crippen molar-refractivity contribution in [2.75, 3.05) is 20.2 Å². The Labute approximate surface area is 180 Å². The molecule has 0 bridgehead atoms. The number of carbonyl (C=O) groups is 1. The average Bonchev–Trinajstić information content (AvgIpc) is 3.17. The first-order chi connectivity index (χ1) is 14.2. The van der Waals surface area contributed by atoms with Crippen molar-refractivity contribution in [3.63, 3.8) is 0 Å². The molecule has 2 saturated carbocycles. The Morgan fingerprint density at radius 1 is 1.00 bits per heavy atom. The highest BCUT2D eigenvalue weighted by Crippen LogP contribution is 2.51. The molecule has 4 fully saturated rings. The SMILES string of the molecule is C#C.C#C.CN1CCCCC1/C=C/[C@H]1[C@H]2COC(=O)[C@H]2CC2CCCC[C@@H]21.NP. The number of cyclic esters (lactones) is 1.